The molecule has 2 unspecified atom stereocenters. The summed E-state index contributed by atoms with van der Waals surface area (Å²) in [5, 5.41) is 3.95. The highest BCUT2D eigenvalue weighted by atomic mass is 32.2. The number of nitrogens with zero attached hydrogens (tertiary/aromatic N) is 1. The summed E-state index contributed by atoms with van der Waals surface area (Å²) < 4.78 is 23.1. The molecule has 2 heterocycles. The van der Waals surface area contributed by atoms with E-state index in [1.807, 2.05) is 0 Å². The molecule has 0 spiro atoms. The maximum absolute atomic E-state index is 12.7. The zero-order valence-electron chi connectivity index (χ0n) is 11.8. The Hall–Kier alpha value is -1.37. The fourth-order valence-corrected chi connectivity index (χ4v) is 4.81. The largest absolute Gasteiger partial charge is 0.342 e. The van der Waals surface area contributed by atoms with Crippen LogP contribution in [0.1, 0.15) is 32.1 Å². The minimum Gasteiger partial charge on any atom is -0.342 e. The van der Waals surface area contributed by atoms with Gasteiger partial charge in [-0.1, -0.05) is 19.3 Å². The SMILES string of the molecule is O=C1CN(C2C=CS(=O)(=O)C2)C(=O)C(C2CCCCC2)N1. The smallest absolute Gasteiger partial charge is 0.246 e. The highest BCUT2D eigenvalue weighted by Crippen LogP contribution is 2.29. The molecule has 116 valence electrons. The number of hydrogen-bond donors (Lipinski definition) is 1. The van der Waals surface area contributed by atoms with Gasteiger partial charge in [0.15, 0.2) is 9.84 Å². The summed E-state index contributed by atoms with van der Waals surface area (Å²) in [7, 11) is -3.23. The van der Waals surface area contributed by atoms with Crippen LogP contribution in [0.25, 0.3) is 0 Å². The quantitative estimate of drug-likeness (QED) is 0.790. The summed E-state index contributed by atoms with van der Waals surface area (Å²) in [6.07, 6.45) is 6.76. The Morgan fingerprint density at radius 3 is 2.48 bits per heavy atom. The van der Waals surface area contributed by atoms with Crippen LogP contribution in [0.3, 0.4) is 0 Å². The summed E-state index contributed by atoms with van der Waals surface area (Å²) in [5.74, 6) is -0.250. The summed E-state index contributed by atoms with van der Waals surface area (Å²) in [4.78, 5) is 26.0. The summed E-state index contributed by atoms with van der Waals surface area (Å²) in [5.41, 5.74) is 0. The van der Waals surface area contributed by atoms with Crippen molar-refractivity contribution in [2.75, 3.05) is 12.3 Å². The first kappa shape index (κ1) is 14.6. The van der Waals surface area contributed by atoms with Crippen LogP contribution in [0.5, 0.6) is 0 Å². The van der Waals surface area contributed by atoms with Crippen molar-refractivity contribution in [1.82, 2.24) is 10.2 Å². The molecule has 0 aromatic heterocycles. The number of hydrogen-bond acceptors (Lipinski definition) is 4. The van der Waals surface area contributed by atoms with Crippen molar-refractivity contribution in [2.24, 2.45) is 5.92 Å². The van der Waals surface area contributed by atoms with Crippen LogP contribution in [0.15, 0.2) is 11.5 Å². The van der Waals surface area contributed by atoms with Gasteiger partial charge in [0.1, 0.15) is 12.6 Å². The maximum Gasteiger partial charge on any atom is 0.246 e. The van der Waals surface area contributed by atoms with Crippen LogP contribution in [-0.2, 0) is 19.4 Å². The fraction of sp³-hybridized carbons (Fsp3) is 0.714. The topological polar surface area (TPSA) is 83.6 Å². The second-order valence-electron chi connectivity index (χ2n) is 6.13. The summed E-state index contributed by atoms with van der Waals surface area (Å²) in [6.45, 7) is -0.0490. The van der Waals surface area contributed by atoms with Crippen molar-refractivity contribution in [3.63, 3.8) is 0 Å². The maximum atomic E-state index is 12.7. The monoisotopic (exact) mass is 312 g/mol. The third-order valence-corrected chi connectivity index (χ3v) is 5.99. The lowest BCUT2D eigenvalue weighted by atomic mass is 9.82. The van der Waals surface area contributed by atoms with Crippen LogP contribution < -0.4 is 5.32 Å². The van der Waals surface area contributed by atoms with Gasteiger partial charge in [0, 0.05) is 5.41 Å². The molecule has 7 heteroatoms. The first-order valence-electron chi connectivity index (χ1n) is 7.47. The Morgan fingerprint density at radius 2 is 1.86 bits per heavy atom. The van der Waals surface area contributed by atoms with Gasteiger partial charge in [-0.15, -0.1) is 0 Å². The second-order valence-corrected chi connectivity index (χ2v) is 8.07. The second kappa shape index (κ2) is 5.44. The van der Waals surface area contributed by atoms with E-state index in [-0.39, 0.29) is 30.0 Å². The molecular formula is C14H20N2O4S. The molecule has 1 saturated carbocycles. The number of rotatable bonds is 2. The molecule has 1 N–H and O–H groups in total. The van der Waals surface area contributed by atoms with Crippen molar-refractivity contribution in [3.05, 3.63) is 11.5 Å². The molecule has 2 atom stereocenters. The van der Waals surface area contributed by atoms with Gasteiger partial charge >= 0.3 is 0 Å². The lowest BCUT2D eigenvalue weighted by molar-refractivity contribution is -0.147. The summed E-state index contributed by atoms with van der Waals surface area (Å²) >= 11 is 0. The Labute approximate surface area is 124 Å². The van der Waals surface area contributed by atoms with Crippen LogP contribution in [-0.4, -0.2) is 49.5 Å². The Morgan fingerprint density at radius 1 is 1.14 bits per heavy atom. The van der Waals surface area contributed by atoms with Gasteiger partial charge in [0.2, 0.25) is 11.8 Å². The van der Waals surface area contributed by atoms with E-state index < -0.39 is 21.9 Å². The Bertz CT molecular complexity index is 578. The number of amides is 2. The lowest BCUT2D eigenvalue weighted by Crippen LogP contribution is -2.63. The van der Waals surface area contributed by atoms with Gasteiger partial charge in [-0.3, -0.25) is 9.59 Å². The van der Waals surface area contributed by atoms with Gasteiger partial charge in [-0.2, -0.15) is 0 Å². The van der Waals surface area contributed by atoms with E-state index >= 15 is 0 Å². The molecule has 1 aliphatic carbocycles. The molecule has 3 aliphatic rings. The van der Waals surface area contributed by atoms with Gasteiger partial charge < -0.3 is 10.2 Å². The first-order valence-corrected chi connectivity index (χ1v) is 9.19. The van der Waals surface area contributed by atoms with Crippen molar-refractivity contribution >= 4 is 21.7 Å². The number of sulfone groups is 1. The average Bonchev–Trinajstić information content (AvgIpc) is 2.82. The van der Waals surface area contributed by atoms with Crippen LogP contribution in [0, 0.1) is 5.92 Å². The van der Waals surface area contributed by atoms with Gasteiger partial charge in [-0.05, 0) is 24.8 Å². The van der Waals surface area contributed by atoms with E-state index in [0.717, 1.165) is 31.1 Å². The highest BCUT2D eigenvalue weighted by molar-refractivity contribution is 7.94. The van der Waals surface area contributed by atoms with Crippen LogP contribution >= 0.6 is 0 Å². The number of carbonyl (C=O) groups excluding carboxylic acids is 2. The molecule has 1 saturated heterocycles. The molecular weight excluding hydrogens is 292 g/mol. The van der Waals surface area contributed by atoms with E-state index in [0.29, 0.717) is 0 Å². The van der Waals surface area contributed by atoms with Gasteiger partial charge in [-0.25, -0.2) is 8.42 Å². The zero-order chi connectivity index (χ0) is 15.0. The van der Waals surface area contributed by atoms with E-state index in [1.165, 1.54) is 17.4 Å². The van der Waals surface area contributed by atoms with E-state index in [9.17, 15) is 18.0 Å². The number of carbonyl (C=O) groups is 2. The number of nitrogens with one attached hydrogen (secondary N) is 1. The molecule has 0 aromatic carbocycles. The molecule has 0 radical (unpaired) electrons. The van der Waals surface area contributed by atoms with Crippen molar-refractivity contribution in [2.45, 2.75) is 44.2 Å². The minimum absolute atomic E-state index is 0.0490. The standard InChI is InChI=1S/C14H20N2O4S/c17-12-8-16(11-6-7-21(19,20)9-11)14(18)13(15-12)10-4-2-1-3-5-10/h6-7,10-11,13H,1-5,8-9H2,(H,15,17). The molecule has 3 rings (SSSR count). The predicted molar refractivity (Wildman–Crippen MR) is 76.9 cm³/mol. The highest BCUT2D eigenvalue weighted by Gasteiger charge is 2.42. The Balaban J connectivity index is 1.77. The lowest BCUT2D eigenvalue weighted by Gasteiger charge is -2.39. The van der Waals surface area contributed by atoms with Crippen LogP contribution in [0.2, 0.25) is 0 Å². The predicted octanol–water partition coefficient (Wildman–Crippen LogP) is 0.204. The van der Waals surface area contributed by atoms with Gasteiger partial charge in [0.05, 0.1) is 11.8 Å². The molecule has 0 aromatic rings. The number of piperazine rings is 1. The van der Waals surface area contributed by atoms with Crippen molar-refractivity contribution < 1.29 is 18.0 Å². The van der Waals surface area contributed by atoms with Gasteiger partial charge in [0.25, 0.3) is 0 Å². The molecule has 0 bridgehead atoms. The molecule has 2 aliphatic heterocycles. The first-order chi connectivity index (χ1) is 9.96. The molecule has 2 fully saturated rings. The molecule has 2 amide bonds. The summed E-state index contributed by atoms with van der Waals surface area (Å²) in [6, 6.07) is -0.983. The fourth-order valence-electron chi connectivity index (χ4n) is 3.51. The molecule has 21 heavy (non-hydrogen) atoms. The normalized spacial score (nSPS) is 33.2. The van der Waals surface area contributed by atoms with Crippen molar-refractivity contribution in [1.29, 1.82) is 0 Å². The minimum atomic E-state index is -3.23. The van der Waals surface area contributed by atoms with Crippen LogP contribution in [0.4, 0.5) is 0 Å². The average molecular weight is 312 g/mol. The Kier molecular flexibility index (Phi) is 3.77. The molecule has 6 nitrogen and oxygen atoms in total. The van der Waals surface area contributed by atoms with E-state index in [1.54, 1.807) is 0 Å². The third kappa shape index (κ3) is 2.97. The van der Waals surface area contributed by atoms with E-state index in [2.05, 4.69) is 5.32 Å². The third-order valence-electron chi connectivity index (χ3n) is 4.61. The zero-order valence-corrected chi connectivity index (χ0v) is 12.6. The van der Waals surface area contributed by atoms with Crippen molar-refractivity contribution in [3.8, 4) is 0 Å². The van der Waals surface area contributed by atoms with E-state index in [4.69, 9.17) is 0 Å².